The van der Waals surface area contributed by atoms with E-state index in [2.05, 4.69) is 20.1 Å². The van der Waals surface area contributed by atoms with Gasteiger partial charge in [-0.25, -0.2) is 0 Å². The summed E-state index contributed by atoms with van der Waals surface area (Å²) in [4.78, 5) is 12.2. The summed E-state index contributed by atoms with van der Waals surface area (Å²) in [5.74, 6) is 3.41. The van der Waals surface area contributed by atoms with E-state index in [1.165, 1.54) is 0 Å². The molecule has 1 aliphatic rings. The summed E-state index contributed by atoms with van der Waals surface area (Å²) in [6.45, 7) is 0.847. The summed E-state index contributed by atoms with van der Waals surface area (Å²) in [6.07, 6.45) is 3.29. The van der Waals surface area contributed by atoms with Gasteiger partial charge in [0.15, 0.2) is 23.9 Å². The van der Waals surface area contributed by atoms with Crippen LogP contribution in [-0.2, 0) is 17.8 Å². The van der Waals surface area contributed by atoms with Crippen LogP contribution >= 0.6 is 0 Å². The molecule has 1 aromatic heterocycles. The first-order valence-electron chi connectivity index (χ1n) is 9.85. The van der Waals surface area contributed by atoms with Crippen LogP contribution in [0.5, 0.6) is 17.2 Å². The normalized spacial score (nSPS) is 12.7. The number of anilines is 1. The minimum Gasteiger partial charge on any atom is -0.493 e. The molecule has 8 heteroatoms. The Labute approximate surface area is 174 Å². The lowest BCUT2D eigenvalue weighted by Crippen LogP contribution is -2.20. The van der Waals surface area contributed by atoms with Gasteiger partial charge in [0, 0.05) is 30.3 Å². The van der Waals surface area contributed by atoms with Gasteiger partial charge in [0.25, 0.3) is 5.91 Å². The van der Waals surface area contributed by atoms with E-state index in [0.717, 1.165) is 43.0 Å². The number of hydrogen-bond donors (Lipinski definition) is 1. The Balaban J connectivity index is 1.35. The number of aryl methyl sites for hydroxylation is 1. The quantitative estimate of drug-likeness (QED) is 0.645. The van der Waals surface area contributed by atoms with Crippen molar-refractivity contribution < 1.29 is 19.0 Å². The highest BCUT2D eigenvalue weighted by atomic mass is 16.5. The van der Waals surface area contributed by atoms with Gasteiger partial charge in [-0.05, 0) is 49.2 Å². The number of ether oxygens (including phenoxy) is 3. The molecule has 1 aliphatic heterocycles. The van der Waals surface area contributed by atoms with Gasteiger partial charge in [-0.3, -0.25) is 4.79 Å². The zero-order valence-corrected chi connectivity index (χ0v) is 17.1. The molecule has 1 N–H and O–H groups in total. The summed E-state index contributed by atoms with van der Waals surface area (Å²) in [7, 11) is 3.11. The van der Waals surface area contributed by atoms with Crippen molar-refractivity contribution in [2.24, 2.45) is 0 Å². The maximum Gasteiger partial charge on any atom is 0.262 e. The lowest BCUT2D eigenvalue weighted by molar-refractivity contribution is -0.118. The third-order valence-corrected chi connectivity index (χ3v) is 5.01. The third kappa shape index (κ3) is 4.22. The Morgan fingerprint density at radius 3 is 2.60 bits per heavy atom. The Morgan fingerprint density at radius 2 is 1.83 bits per heavy atom. The summed E-state index contributed by atoms with van der Waals surface area (Å²) in [6, 6.07) is 12.7. The second kappa shape index (κ2) is 8.86. The largest absolute Gasteiger partial charge is 0.493 e. The van der Waals surface area contributed by atoms with Crippen LogP contribution in [0.4, 0.5) is 5.69 Å². The van der Waals surface area contributed by atoms with Crippen LogP contribution in [0.25, 0.3) is 11.4 Å². The minimum atomic E-state index is -0.266. The molecule has 0 saturated heterocycles. The maximum atomic E-state index is 12.2. The van der Waals surface area contributed by atoms with Crippen LogP contribution in [0.1, 0.15) is 18.7 Å². The zero-order valence-electron chi connectivity index (χ0n) is 17.1. The molecule has 3 aromatic rings. The second-order valence-corrected chi connectivity index (χ2v) is 6.98. The summed E-state index contributed by atoms with van der Waals surface area (Å²) >= 11 is 0. The summed E-state index contributed by atoms with van der Waals surface area (Å²) in [5, 5.41) is 11.4. The fraction of sp³-hybridized carbons (Fsp3) is 0.318. The number of benzene rings is 2. The fourth-order valence-corrected chi connectivity index (χ4v) is 3.48. The van der Waals surface area contributed by atoms with E-state index < -0.39 is 0 Å². The number of methoxy groups -OCH3 is 2. The Hall–Kier alpha value is -3.55. The molecule has 0 saturated carbocycles. The van der Waals surface area contributed by atoms with Gasteiger partial charge >= 0.3 is 0 Å². The first-order chi connectivity index (χ1) is 14.7. The second-order valence-electron chi connectivity index (χ2n) is 6.98. The zero-order chi connectivity index (χ0) is 20.9. The average Bonchev–Trinajstić information content (AvgIpc) is 3.22. The van der Waals surface area contributed by atoms with Gasteiger partial charge in [0.2, 0.25) is 0 Å². The minimum absolute atomic E-state index is 0.103. The van der Waals surface area contributed by atoms with E-state index in [9.17, 15) is 4.79 Å². The number of hydrogen-bond acceptors (Lipinski definition) is 6. The summed E-state index contributed by atoms with van der Waals surface area (Å²) in [5.41, 5.74) is 1.59. The van der Waals surface area contributed by atoms with Crippen LogP contribution in [0.3, 0.4) is 0 Å². The molecule has 8 nitrogen and oxygen atoms in total. The van der Waals surface area contributed by atoms with E-state index in [1.807, 2.05) is 24.3 Å². The summed E-state index contributed by atoms with van der Waals surface area (Å²) < 4.78 is 18.2. The van der Waals surface area contributed by atoms with E-state index in [0.29, 0.717) is 22.9 Å². The van der Waals surface area contributed by atoms with Gasteiger partial charge in [-0.2, -0.15) is 0 Å². The van der Waals surface area contributed by atoms with E-state index in [4.69, 9.17) is 14.2 Å². The van der Waals surface area contributed by atoms with E-state index in [-0.39, 0.29) is 12.5 Å². The molecule has 0 fully saturated rings. The predicted octanol–water partition coefficient (Wildman–Crippen LogP) is 3.32. The van der Waals surface area contributed by atoms with E-state index in [1.54, 1.807) is 32.4 Å². The highest BCUT2D eigenvalue weighted by Crippen LogP contribution is 2.30. The van der Waals surface area contributed by atoms with Crippen LogP contribution in [-0.4, -0.2) is 41.5 Å². The molecule has 0 radical (unpaired) electrons. The number of fused-ring (bicyclic) bond motifs is 1. The molecule has 0 spiro atoms. The Kier molecular flexibility index (Phi) is 5.83. The number of nitrogens with one attached hydrogen (secondary N) is 1. The molecular weight excluding hydrogens is 384 g/mol. The van der Waals surface area contributed by atoms with Crippen molar-refractivity contribution in [2.45, 2.75) is 25.8 Å². The predicted molar refractivity (Wildman–Crippen MR) is 112 cm³/mol. The van der Waals surface area contributed by atoms with Crippen molar-refractivity contribution in [1.29, 1.82) is 0 Å². The molecule has 0 unspecified atom stereocenters. The van der Waals surface area contributed by atoms with Crippen molar-refractivity contribution in [2.75, 3.05) is 26.1 Å². The van der Waals surface area contributed by atoms with Crippen molar-refractivity contribution in [3.8, 4) is 28.6 Å². The lowest BCUT2D eigenvalue weighted by atomic mass is 10.1. The number of carbonyl (C=O) groups is 1. The Bertz CT molecular complexity index is 1030. The van der Waals surface area contributed by atoms with E-state index >= 15 is 0 Å². The molecule has 1 amide bonds. The average molecular weight is 408 g/mol. The molecule has 0 atom stereocenters. The van der Waals surface area contributed by atoms with Gasteiger partial charge in [-0.1, -0.05) is 0 Å². The van der Waals surface area contributed by atoms with Crippen molar-refractivity contribution in [3.05, 3.63) is 48.3 Å². The fourth-order valence-electron chi connectivity index (χ4n) is 3.48. The first kappa shape index (κ1) is 19.8. The van der Waals surface area contributed by atoms with Gasteiger partial charge in [0.05, 0.1) is 14.2 Å². The lowest BCUT2D eigenvalue weighted by Gasteiger charge is -2.14. The molecule has 30 heavy (non-hydrogen) atoms. The number of aromatic nitrogens is 3. The highest BCUT2D eigenvalue weighted by Gasteiger charge is 2.17. The van der Waals surface area contributed by atoms with Gasteiger partial charge < -0.3 is 24.1 Å². The topological polar surface area (TPSA) is 87.5 Å². The van der Waals surface area contributed by atoms with Crippen LogP contribution in [0, 0.1) is 0 Å². The first-order valence-corrected chi connectivity index (χ1v) is 9.85. The molecule has 4 rings (SSSR count). The molecule has 0 aliphatic carbocycles. The van der Waals surface area contributed by atoms with Crippen LogP contribution in [0.2, 0.25) is 0 Å². The van der Waals surface area contributed by atoms with Crippen LogP contribution < -0.4 is 19.5 Å². The Morgan fingerprint density at radius 1 is 1.03 bits per heavy atom. The van der Waals surface area contributed by atoms with Crippen molar-refractivity contribution >= 4 is 11.6 Å². The number of amides is 1. The standard InChI is InChI=1S/C22H24N4O4/c1-28-18-11-8-16(13-19(18)29-2)23-21(27)14-30-17-9-6-15(7-10-17)22-25-24-20-5-3-4-12-26(20)22/h6-11,13H,3-5,12,14H2,1-2H3,(H,23,27). The highest BCUT2D eigenvalue weighted by molar-refractivity contribution is 5.92. The number of nitrogens with zero attached hydrogens (tertiary/aromatic N) is 3. The van der Waals surface area contributed by atoms with Crippen molar-refractivity contribution in [3.63, 3.8) is 0 Å². The number of rotatable bonds is 7. The van der Waals surface area contributed by atoms with Gasteiger partial charge in [-0.15, -0.1) is 10.2 Å². The molecule has 0 bridgehead atoms. The number of carbonyl (C=O) groups excluding carboxylic acids is 1. The van der Waals surface area contributed by atoms with Gasteiger partial charge in [0.1, 0.15) is 11.6 Å². The third-order valence-electron chi connectivity index (χ3n) is 5.01. The smallest absolute Gasteiger partial charge is 0.262 e. The maximum absolute atomic E-state index is 12.2. The SMILES string of the molecule is COc1ccc(NC(=O)COc2ccc(-c3nnc4n3CCCC4)cc2)cc1OC. The van der Waals surface area contributed by atoms with Crippen LogP contribution in [0.15, 0.2) is 42.5 Å². The molecular formula is C22H24N4O4. The molecule has 2 aromatic carbocycles. The monoisotopic (exact) mass is 408 g/mol. The van der Waals surface area contributed by atoms with Crippen molar-refractivity contribution in [1.82, 2.24) is 14.8 Å². The molecule has 2 heterocycles. The molecule has 156 valence electrons.